The first-order valence-electron chi connectivity index (χ1n) is 10.1. The van der Waals surface area contributed by atoms with Crippen LogP contribution in [0.5, 0.6) is 0 Å². The molecule has 30 heavy (non-hydrogen) atoms. The lowest BCUT2D eigenvalue weighted by atomic mass is 10.1. The monoisotopic (exact) mass is 424 g/mol. The number of nitrogens with zero attached hydrogens (tertiary/aromatic N) is 5. The molecule has 3 aromatic rings. The predicted octanol–water partition coefficient (Wildman–Crippen LogP) is 3.94. The largest absolute Gasteiger partial charge is 0.378 e. The number of hydrogen-bond donors (Lipinski definition) is 1. The zero-order valence-corrected chi connectivity index (χ0v) is 19.0. The average Bonchev–Trinajstić information content (AvgIpc) is 3.35. The fourth-order valence-corrected chi connectivity index (χ4v) is 4.11. The van der Waals surface area contributed by atoms with E-state index in [0.717, 1.165) is 28.6 Å². The van der Waals surface area contributed by atoms with E-state index in [1.165, 1.54) is 11.3 Å². The molecule has 0 aliphatic carbocycles. The van der Waals surface area contributed by atoms with E-state index >= 15 is 0 Å². The molecule has 0 saturated carbocycles. The Morgan fingerprint density at radius 1 is 1.17 bits per heavy atom. The Morgan fingerprint density at radius 2 is 1.90 bits per heavy atom. The van der Waals surface area contributed by atoms with E-state index in [0.29, 0.717) is 25.3 Å². The Kier molecular flexibility index (Phi) is 5.27. The number of fused-ring (bicyclic) bond motifs is 1. The normalized spacial score (nSPS) is 13.8. The summed E-state index contributed by atoms with van der Waals surface area (Å²) >= 11 is 1.44. The van der Waals surface area contributed by atoms with E-state index in [1.807, 2.05) is 19.0 Å². The highest BCUT2D eigenvalue weighted by Gasteiger charge is 2.29. The summed E-state index contributed by atoms with van der Waals surface area (Å²) in [5.74, 6) is 1.87. The highest BCUT2D eigenvalue weighted by molar-refractivity contribution is 7.07. The molecule has 0 radical (unpaired) electrons. The van der Waals surface area contributed by atoms with E-state index in [-0.39, 0.29) is 11.4 Å². The molecule has 1 aromatic carbocycles. The predicted molar refractivity (Wildman–Crippen MR) is 122 cm³/mol. The minimum atomic E-state index is -0.108. The summed E-state index contributed by atoms with van der Waals surface area (Å²) in [4.78, 5) is 25.8. The molecule has 1 aliphatic heterocycles. The molecular formula is C22H28N6OS. The molecule has 7 nitrogen and oxygen atoms in total. The quantitative estimate of drug-likeness (QED) is 0.687. The summed E-state index contributed by atoms with van der Waals surface area (Å²) < 4.78 is 2.21. The summed E-state index contributed by atoms with van der Waals surface area (Å²) in [6, 6.07) is 8.42. The van der Waals surface area contributed by atoms with Crippen LogP contribution in [0.25, 0.3) is 11.3 Å². The third-order valence-corrected chi connectivity index (χ3v) is 5.65. The van der Waals surface area contributed by atoms with Crippen molar-refractivity contribution in [3.05, 3.63) is 46.7 Å². The van der Waals surface area contributed by atoms with Crippen LogP contribution in [-0.4, -0.2) is 51.5 Å². The van der Waals surface area contributed by atoms with Crippen LogP contribution in [-0.2, 0) is 13.1 Å². The molecule has 1 N–H and O–H groups in total. The maximum Gasteiger partial charge on any atom is 0.273 e. The molecule has 0 saturated heterocycles. The SMILES string of the molecule is CN(C)c1ccc(-c2nc3n(c2NC(C)(C)C)CCN(C(=O)c2cscn2)C3)cc1. The highest BCUT2D eigenvalue weighted by Crippen LogP contribution is 2.34. The van der Waals surface area contributed by atoms with Crippen molar-refractivity contribution in [2.75, 3.05) is 30.9 Å². The zero-order valence-electron chi connectivity index (χ0n) is 18.1. The first-order valence-corrected chi connectivity index (χ1v) is 11.0. The molecule has 0 spiro atoms. The van der Waals surface area contributed by atoms with Gasteiger partial charge < -0.3 is 19.7 Å². The number of aromatic nitrogens is 3. The van der Waals surface area contributed by atoms with Crippen LogP contribution < -0.4 is 10.2 Å². The number of benzene rings is 1. The van der Waals surface area contributed by atoms with Crippen LogP contribution in [0.15, 0.2) is 35.2 Å². The van der Waals surface area contributed by atoms with Crippen LogP contribution >= 0.6 is 11.3 Å². The van der Waals surface area contributed by atoms with E-state index < -0.39 is 0 Å². The maximum atomic E-state index is 12.8. The van der Waals surface area contributed by atoms with Crippen molar-refractivity contribution in [2.24, 2.45) is 0 Å². The van der Waals surface area contributed by atoms with E-state index in [1.54, 1.807) is 10.9 Å². The second kappa shape index (κ2) is 7.75. The molecule has 158 valence electrons. The standard InChI is InChI=1S/C22H28N6OS/c1-22(2,3)25-20-19(15-6-8-16(9-7-15)26(4)5)24-18-12-27(10-11-28(18)20)21(29)17-13-30-14-23-17/h6-9,13-14,25H,10-12H2,1-5H3. The number of nitrogens with one attached hydrogen (secondary N) is 1. The molecule has 2 aromatic heterocycles. The van der Waals surface area contributed by atoms with Gasteiger partial charge in [-0.3, -0.25) is 4.79 Å². The minimum Gasteiger partial charge on any atom is -0.378 e. The smallest absolute Gasteiger partial charge is 0.273 e. The first kappa shape index (κ1) is 20.4. The van der Waals surface area contributed by atoms with Gasteiger partial charge in [0.2, 0.25) is 0 Å². The lowest BCUT2D eigenvalue weighted by molar-refractivity contribution is 0.0703. The molecule has 0 bridgehead atoms. The van der Waals surface area contributed by atoms with Crippen LogP contribution in [0, 0.1) is 0 Å². The first-order chi connectivity index (χ1) is 14.2. The summed E-state index contributed by atoms with van der Waals surface area (Å²) in [5, 5.41) is 5.44. The number of rotatable bonds is 4. The second-order valence-corrected chi connectivity index (χ2v) is 9.51. The van der Waals surface area contributed by atoms with Gasteiger partial charge in [-0.2, -0.15) is 0 Å². The van der Waals surface area contributed by atoms with Gasteiger partial charge in [0.1, 0.15) is 23.0 Å². The number of carbonyl (C=O) groups is 1. The molecule has 0 unspecified atom stereocenters. The van der Waals surface area contributed by atoms with E-state index in [4.69, 9.17) is 4.98 Å². The van der Waals surface area contributed by atoms with E-state index in [2.05, 4.69) is 64.8 Å². The number of thiazole rings is 1. The van der Waals surface area contributed by atoms with Crippen molar-refractivity contribution in [1.29, 1.82) is 0 Å². The Hall–Kier alpha value is -2.87. The van der Waals surface area contributed by atoms with Crippen molar-refractivity contribution >= 4 is 28.7 Å². The van der Waals surface area contributed by atoms with Crippen LogP contribution in [0.1, 0.15) is 37.1 Å². The molecule has 4 rings (SSSR count). The lowest BCUT2D eigenvalue weighted by Crippen LogP contribution is -2.39. The highest BCUT2D eigenvalue weighted by atomic mass is 32.1. The van der Waals surface area contributed by atoms with Gasteiger partial charge in [-0.05, 0) is 32.9 Å². The Balaban J connectivity index is 1.70. The summed E-state index contributed by atoms with van der Waals surface area (Å²) in [5.41, 5.74) is 5.22. The van der Waals surface area contributed by atoms with Gasteiger partial charge in [0, 0.05) is 49.4 Å². The molecule has 1 aliphatic rings. The van der Waals surface area contributed by atoms with Crippen LogP contribution in [0.3, 0.4) is 0 Å². The Labute approximate surface area is 181 Å². The molecule has 0 fully saturated rings. The number of hydrogen-bond acceptors (Lipinski definition) is 6. The van der Waals surface area contributed by atoms with Gasteiger partial charge >= 0.3 is 0 Å². The molecular weight excluding hydrogens is 396 g/mol. The fraction of sp³-hybridized carbons (Fsp3) is 0.409. The van der Waals surface area contributed by atoms with Gasteiger partial charge in [0.25, 0.3) is 5.91 Å². The Bertz CT molecular complexity index is 1030. The lowest BCUT2D eigenvalue weighted by Gasteiger charge is -2.30. The van der Waals surface area contributed by atoms with Crippen molar-refractivity contribution in [3.8, 4) is 11.3 Å². The molecule has 1 amide bonds. The zero-order chi connectivity index (χ0) is 21.5. The summed E-state index contributed by atoms with van der Waals surface area (Å²) in [7, 11) is 4.07. The molecule has 0 atom stereocenters. The maximum absolute atomic E-state index is 12.8. The average molecular weight is 425 g/mol. The minimum absolute atomic E-state index is 0.0345. The molecule has 8 heteroatoms. The summed E-state index contributed by atoms with van der Waals surface area (Å²) in [6.45, 7) is 8.25. The van der Waals surface area contributed by atoms with Crippen LogP contribution in [0.4, 0.5) is 11.5 Å². The summed E-state index contributed by atoms with van der Waals surface area (Å²) in [6.07, 6.45) is 0. The number of amides is 1. The van der Waals surface area contributed by atoms with Gasteiger partial charge in [-0.1, -0.05) is 12.1 Å². The molecule has 3 heterocycles. The topological polar surface area (TPSA) is 66.3 Å². The third-order valence-electron chi connectivity index (χ3n) is 5.06. The van der Waals surface area contributed by atoms with Crippen molar-refractivity contribution in [1.82, 2.24) is 19.4 Å². The van der Waals surface area contributed by atoms with Gasteiger partial charge in [-0.15, -0.1) is 11.3 Å². The Morgan fingerprint density at radius 3 is 2.50 bits per heavy atom. The van der Waals surface area contributed by atoms with Gasteiger partial charge in [0.15, 0.2) is 0 Å². The third kappa shape index (κ3) is 4.05. The van der Waals surface area contributed by atoms with Crippen molar-refractivity contribution in [3.63, 3.8) is 0 Å². The van der Waals surface area contributed by atoms with Crippen LogP contribution in [0.2, 0.25) is 0 Å². The van der Waals surface area contributed by atoms with Gasteiger partial charge in [0.05, 0.1) is 12.1 Å². The fourth-order valence-electron chi connectivity index (χ4n) is 3.59. The number of anilines is 2. The van der Waals surface area contributed by atoms with Crippen molar-refractivity contribution in [2.45, 2.75) is 39.4 Å². The number of carbonyl (C=O) groups excluding carboxylic acids is 1. The van der Waals surface area contributed by atoms with E-state index in [9.17, 15) is 4.79 Å². The van der Waals surface area contributed by atoms with Crippen molar-refractivity contribution < 1.29 is 4.79 Å². The van der Waals surface area contributed by atoms with Gasteiger partial charge in [-0.25, -0.2) is 9.97 Å². The number of imidazole rings is 1. The second-order valence-electron chi connectivity index (χ2n) is 8.79.